The van der Waals surface area contributed by atoms with Gasteiger partial charge in [0.1, 0.15) is 0 Å². The summed E-state index contributed by atoms with van der Waals surface area (Å²) in [5.74, 6) is 1.29. The molecule has 8 nitrogen and oxygen atoms in total. The van der Waals surface area contributed by atoms with E-state index in [1.165, 1.54) is 19.0 Å². The zero-order chi connectivity index (χ0) is 18.8. The van der Waals surface area contributed by atoms with Crippen LogP contribution in [0.3, 0.4) is 0 Å². The molecule has 0 saturated heterocycles. The van der Waals surface area contributed by atoms with Crippen LogP contribution in [-0.2, 0) is 15.5 Å². The predicted octanol–water partition coefficient (Wildman–Crippen LogP) is 2.90. The predicted molar refractivity (Wildman–Crippen MR) is 101 cm³/mol. The molecule has 0 bridgehead atoms. The number of fused-ring (bicyclic) bond motifs is 1. The molecule has 3 aromatic rings. The molecular formula is C18H19N5O3S. The monoisotopic (exact) mass is 385 g/mol. The van der Waals surface area contributed by atoms with Gasteiger partial charge in [-0.3, -0.25) is 14.5 Å². The van der Waals surface area contributed by atoms with E-state index in [1.54, 1.807) is 36.3 Å². The molecule has 1 fully saturated rings. The minimum Gasteiger partial charge on any atom is -0.450 e. The van der Waals surface area contributed by atoms with Gasteiger partial charge in [-0.25, -0.2) is 14.5 Å². The van der Waals surface area contributed by atoms with Crippen LogP contribution in [0.5, 0.6) is 0 Å². The number of amides is 1. The Hall–Kier alpha value is -2.81. The van der Waals surface area contributed by atoms with Crippen LogP contribution >= 0.6 is 0 Å². The number of nitrogens with zero attached hydrogens (tertiary/aromatic N) is 4. The number of carbonyl (C=O) groups excluding carboxylic acids is 1. The summed E-state index contributed by atoms with van der Waals surface area (Å²) in [6.45, 7) is 2.03. The number of aromatic nitrogens is 4. The van der Waals surface area contributed by atoms with E-state index in [4.69, 9.17) is 4.74 Å². The van der Waals surface area contributed by atoms with Crippen LogP contribution < -0.4 is 5.32 Å². The van der Waals surface area contributed by atoms with Gasteiger partial charge in [0.15, 0.2) is 5.65 Å². The van der Waals surface area contributed by atoms with E-state index in [1.807, 2.05) is 6.07 Å². The highest BCUT2D eigenvalue weighted by molar-refractivity contribution is 7.85. The number of hydrogen-bond acceptors (Lipinski definition) is 6. The Balaban J connectivity index is 1.60. The first-order chi connectivity index (χ1) is 13.1. The third-order valence-corrected chi connectivity index (χ3v) is 5.74. The van der Waals surface area contributed by atoms with E-state index in [-0.39, 0.29) is 6.61 Å². The van der Waals surface area contributed by atoms with Crippen LogP contribution in [0.1, 0.15) is 19.8 Å². The van der Waals surface area contributed by atoms with Crippen molar-refractivity contribution in [1.29, 1.82) is 0 Å². The molecule has 0 aliphatic heterocycles. The van der Waals surface area contributed by atoms with Gasteiger partial charge >= 0.3 is 6.09 Å². The van der Waals surface area contributed by atoms with Crippen molar-refractivity contribution in [1.82, 2.24) is 19.7 Å². The van der Waals surface area contributed by atoms with Crippen LogP contribution in [0, 0.1) is 5.92 Å². The highest BCUT2D eigenvalue weighted by Gasteiger charge is 2.24. The number of nitrogens with one attached hydrogen (secondary N) is 1. The van der Waals surface area contributed by atoms with Crippen molar-refractivity contribution in [3.05, 3.63) is 36.9 Å². The first-order valence-electron chi connectivity index (χ1n) is 8.75. The number of carbonyl (C=O) groups is 1. The smallest absolute Gasteiger partial charge is 0.411 e. The van der Waals surface area contributed by atoms with Gasteiger partial charge in [0.2, 0.25) is 0 Å². The van der Waals surface area contributed by atoms with Crippen LogP contribution in [0.2, 0.25) is 0 Å². The quantitative estimate of drug-likeness (QED) is 0.700. The van der Waals surface area contributed by atoms with Gasteiger partial charge < -0.3 is 4.74 Å². The zero-order valence-corrected chi connectivity index (χ0v) is 15.6. The molecule has 140 valence electrons. The lowest BCUT2D eigenvalue weighted by Gasteiger charge is -2.07. The normalized spacial score (nSPS) is 14.9. The molecule has 3 heterocycles. The van der Waals surface area contributed by atoms with E-state index in [0.29, 0.717) is 28.7 Å². The van der Waals surface area contributed by atoms with Gasteiger partial charge in [0.05, 0.1) is 52.3 Å². The van der Waals surface area contributed by atoms with Crippen molar-refractivity contribution in [2.45, 2.75) is 24.7 Å². The molecule has 1 aliphatic rings. The van der Waals surface area contributed by atoms with Crippen molar-refractivity contribution in [3.8, 4) is 5.69 Å². The SMILES string of the molecule is CCOC(=O)Nc1cncc(-n2ncc3cc(S(=O)CC4CC4)cnc32)c1. The molecule has 1 aliphatic carbocycles. The summed E-state index contributed by atoms with van der Waals surface area (Å²) in [6.07, 6.45) is 8.29. The van der Waals surface area contributed by atoms with E-state index in [2.05, 4.69) is 20.4 Å². The first-order valence-corrected chi connectivity index (χ1v) is 10.1. The molecular weight excluding hydrogens is 366 g/mol. The maximum atomic E-state index is 12.4. The average Bonchev–Trinajstić information content (AvgIpc) is 3.37. The Labute approximate surface area is 158 Å². The fourth-order valence-corrected chi connectivity index (χ4v) is 4.09. The molecule has 1 N–H and O–H groups in total. The van der Waals surface area contributed by atoms with Gasteiger partial charge in [-0.1, -0.05) is 0 Å². The van der Waals surface area contributed by atoms with Crippen molar-refractivity contribution < 1.29 is 13.7 Å². The summed E-state index contributed by atoms with van der Waals surface area (Å²) >= 11 is 0. The Kier molecular flexibility index (Phi) is 4.85. The Bertz CT molecular complexity index is 1020. The topological polar surface area (TPSA) is 99.0 Å². The van der Waals surface area contributed by atoms with Gasteiger partial charge in [0.25, 0.3) is 0 Å². The molecule has 0 spiro atoms. The summed E-state index contributed by atoms with van der Waals surface area (Å²) in [5.41, 5.74) is 1.78. The van der Waals surface area contributed by atoms with Crippen molar-refractivity contribution in [2.75, 3.05) is 17.7 Å². The van der Waals surface area contributed by atoms with Crippen molar-refractivity contribution in [3.63, 3.8) is 0 Å². The second-order valence-electron chi connectivity index (χ2n) is 6.37. The molecule has 4 rings (SSSR count). The van der Waals surface area contributed by atoms with E-state index >= 15 is 0 Å². The number of pyridine rings is 2. The van der Waals surface area contributed by atoms with Gasteiger partial charge in [-0.15, -0.1) is 0 Å². The highest BCUT2D eigenvalue weighted by Crippen LogP contribution is 2.31. The van der Waals surface area contributed by atoms with Gasteiger partial charge in [0, 0.05) is 17.3 Å². The van der Waals surface area contributed by atoms with E-state index < -0.39 is 16.9 Å². The van der Waals surface area contributed by atoms with Crippen LogP contribution in [0.4, 0.5) is 10.5 Å². The second kappa shape index (κ2) is 7.43. The third-order valence-electron chi connectivity index (χ3n) is 4.22. The number of anilines is 1. The fraction of sp³-hybridized carbons (Fsp3) is 0.333. The van der Waals surface area contributed by atoms with Gasteiger partial charge in [-0.05, 0) is 37.8 Å². The Morgan fingerprint density at radius 3 is 2.93 bits per heavy atom. The summed E-state index contributed by atoms with van der Waals surface area (Å²) in [7, 11) is -1.03. The lowest BCUT2D eigenvalue weighted by Crippen LogP contribution is -2.13. The van der Waals surface area contributed by atoms with Crippen LogP contribution in [0.15, 0.2) is 41.8 Å². The molecule has 1 amide bonds. The van der Waals surface area contributed by atoms with Crippen molar-refractivity contribution >= 4 is 33.6 Å². The number of rotatable bonds is 6. The van der Waals surface area contributed by atoms with Crippen LogP contribution in [0.25, 0.3) is 16.7 Å². The molecule has 1 saturated carbocycles. The van der Waals surface area contributed by atoms with Gasteiger partial charge in [-0.2, -0.15) is 5.10 Å². The standard InChI is InChI=1S/C18H19N5O3S/c1-2-26-18(24)22-14-6-15(9-19-8-14)23-17-13(7-21-23)5-16(10-20-17)27(25)11-12-3-4-12/h5-10,12H,2-4,11H2,1H3,(H,22,24). The molecule has 0 radical (unpaired) electrons. The van der Waals surface area contributed by atoms with E-state index in [0.717, 1.165) is 10.3 Å². The number of hydrogen-bond donors (Lipinski definition) is 1. The zero-order valence-electron chi connectivity index (χ0n) is 14.8. The molecule has 1 unspecified atom stereocenters. The maximum Gasteiger partial charge on any atom is 0.411 e. The Morgan fingerprint density at radius 2 is 2.15 bits per heavy atom. The average molecular weight is 385 g/mol. The molecule has 3 aromatic heterocycles. The summed E-state index contributed by atoms with van der Waals surface area (Å²) in [6, 6.07) is 3.61. The second-order valence-corrected chi connectivity index (χ2v) is 7.87. The van der Waals surface area contributed by atoms with E-state index in [9.17, 15) is 9.00 Å². The minimum atomic E-state index is -1.03. The largest absolute Gasteiger partial charge is 0.450 e. The fourth-order valence-electron chi connectivity index (χ4n) is 2.71. The number of ether oxygens (including phenoxy) is 1. The third kappa shape index (κ3) is 3.97. The summed E-state index contributed by atoms with van der Waals surface area (Å²) in [5, 5.41) is 7.79. The molecule has 9 heteroatoms. The maximum absolute atomic E-state index is 12.4. The lowest BCUT2D eigenvalue weighted by atomic mass is 10.3. The first kappa shape index (κ1) is 17.6. The molecule has 1 atom stereocenters. The highest BCUT2D eigenvalue weighted by atomic mass is 32.2. The van der Waals surface area contributed by atoms with Crippen LogP contribution in [-0.4, -0.2) is 42.4 Å². The summed E-state index contributed by atoms with van der Waals surface area (Å²) in [4.78, 5) is 20.9. The lowest BCUT2D eigenvalue weighted by molar-refractivity contribution is 0.168. The Morgan fingerprint density at radius 1 is 1.30 bits per heavy atom. The molecule has 27 heavy (non-hydrogen) atoms. The van der Waals surface area contributed by atoms with Crippen molar-refractivity contribution in [2.24, 2.45) is 5.92 Å². The minimum absolute atomic E-state index is 0.289. The summed E-state index contributed by atoms with van der Waals surface area (Å²) < 4.78 is 18.9. The molecule has 0 aromatic carbocycles.